The average molecular weight is 196 g/mol. The molecule has 0 heterocycles. The fraction of sp³-hybridized carbons (Fsp3) is 0.455. The number of nitrogens with zero attached hydrogens (tertiary/aromatic N) is 1. The molecule has 0 aliphatic rings. The van der Waals surface area contributed by atoms with E-state index in [1.165, 1.54) is 12.1 Å². The van der Waals surface area contributed by atoms with Gasteiger partial charge in [0.15, 0.2) is 0 Å². The molecular weight excluding hydrogens is 179 g/mol. The van der Waals surface area contributed by atoms with E-state index in [0.29, 0.717) is 6.54 Å². The number of hydrogen-bond acceptors (Lipinski definition) is 2. The maximum atomic E-state index is 12.7. The van der Waals surface area contributed by atoms with Crippen LogP contribution in [-0.2, 0) is 0 Å². The second-order valence-corrected chi connectivity index (χ2v) is 3.61. The van der Waals surface area contributed by atoms with E-state index in [9.17, 15) is 4.39 Å². The fourth-order valence-corrected chi connectivity index (χ4v) is 1.57. The summed E-state index contributed by atoms with van der Waals surface area (Å²) in [4.78, 5) is 2.10. The maximum absolute atomic E-state index is 12.7. The van der Waals surface area contributed by atoms with Gasteiger partial charge in [-0.2, -0.15) is 0 Å². The molecule has 2 nitrogen and oxygen atoms in total. The van der Waals surface area contributed by atoms with Crippen molar-refractivity contribution in [2.45, 2.75) is 12.5 Å². The van der Waals surface area contributed by atoms with E-state index in [0.717, 1.165) is 12.0 Å². The molecule has 0 aliphatic carbocycles. The molecule has 0 amide bonds. The van der Waals surface area contributed by atoms with E-state index in [2.05, 4.69) is 4.90 Å². The lowest BCUT2D eigenvalue weighted by Gasteiger charge is -2.24. The summed E-state index contributed by atoms with van der Waals surface area (Å²) in [6, 6.07) is 6.89. The lowest BCUT2D eigenvalue weighted by atomic mass is 10.0. The Hall–Kier alpha value is -0.930. The number of hydrogen-bond donors (Lipinski definition) is 1. The Labute approximate surface area is 84.5 Å². The van der Waals surface area contributed by atoms with E-state index >= 15 is 0 Å². The molecule has 14 heavy (non-hydrogen) atoms. The minimum atomic E-state index is -0.195. The summed E-state index contributed by atoms with van der Waals surface area (Å²) in [5.74, 6) is -0.195. The van der Waals surface area contributed by atoms with Crippen LogP contribution >= 0.6 is 0 Å². The second-order valence-electron chi connectivity index (χ2n) is 3.61. The van der Waals surface area contributed by atoms with Crippen molar-refractivity contribution in [2.75, 3.05) is 20.6 Å². The van der Waals surface area contributed by atoms with Gasteiger partial charge in [-0.05, 0) is 44.8 Å². The number of benzene rings is 1. The summed E-state index contributed by atoms with van der Waals surface area (Å²) in [6.45, 7) is 0.639. The molecule has 0 fully saturated rings. The zero-order valence-electron chi connectivity index (χ0n) is 8.70. The second kappa shape index (κ2) is 5.08. The lowest BCUT2D eigenvalue weighted by Crippen LogP contribution is -2.22. The predicted octanol–water partition coefficient (Wildman–Crippen LogP) is 1.78. The summed E-state index contributed by atoms with van der Waals surface area (Å²) in [5, 5.41) is 0. The maximum Gasteiger partial charge on any atom is 0.123 e. The minimum absolute atomic E-state index is 0.195. The molecule has 0 saturated heterocycles. The zero-order valence-corrected chi connectivity index (χ0v) is 8.70. The van der Waals surface area contributed by atoms with Crippen molar-refractivity contribution in [3.63, 3.8) is 0 Å². The van der Waals surface area contributed by atoms with Gasteiger partial charge in [0.25, 0.3) is 0 Å². The molecular formula is C11H17FN2. The Balaban J connectivity index is 2.82. The van der Waals surface area contributed by atoms with Gasteiger partial charge in [-0.15, -0.1) is 0 Å². The van der Waals surface area contributed by atoms with Crippen LogP contribution in [-0.4, -0.2) is 25.5 Å². The molecule has 1 atom stereocenters. The van der Waals surface area contributed by atoms with Crippen LogP contribution in [0.2, 0.25) is 0 Å². The summed E-state index contributed by atoms with van der Waals surface area (Å²) in [7, 11) is 4.01. The van der Waals surface area contributed by atoms with E-state index in [1.54, 1.807) is 0 Å². The molecule has 0 bridgehead atoms. The predicted molar refractivity (Wildman–Crippen MR) is 56.5 cm³/mol. The summed E-state index contributed by atoms with van der Waals surface area (Å²) >= 11 is 0. The van der Waals surface area contributed by atoms with Crippen molar-refractivity contribution in [3.05, 3.63) is 35.6 Å². The minimum Gasteiger partial charge on any atom is -0.330 e. The molecule has 0 saturated carbocycles. The third-order valence-electron chi connectivity index (χ3n) is 2.32. The number of rotatable bonds is 4. The Morgan fingerprint density at radius 2 is 1.86 bits per heavy atom. The monoisotopic (exact) mass is 196 g/mol. The molecule has 0 aromatic heterocycles. The van der Waals surface area contributed by atoms with E-state index in [4.69, 9.17) is 5.73 Å². The van der Waals surface area contributed by atoms with Gasteiger partial charge < -0.3 is 10.6 Å². The van der Waals surface area contributed by atoms with Crippen molar-refractivity contribution in [2.24, 2.45) is 5.73 Å². The number of halogens is 1. The fourth-order valence-electron chi connectivity index (χ4n) is 1.57. The van der Waals surface area contributed by atoms with E-state index in [-0.39, 0.29) is 11.9 Å². The van der Waals surface area contributed by atoms with Crippen molar-refractivity contribution >= 4 is 0 Å². The Kier molecular flexibility index (Phi) is 4.04. The Morgan fingerprint density at radius 1 is 1.29 bits per heavy atom. The first-order valence-electron chi connectivity index (χ1n) is 4.77. The number of nitrogens with two attached hydrogens (primary N) is 1. The molecule has 2 N–H and O–H groups in total. The molecule has 1 rings (SSSR count). The van der Waals surface area contributed by atoms with Gasteiger partial charge in [0.05, 0.1) is 0 Å². The van der Waals surface area contributed by atoms with Crippen LogP contribution in [0.1, 0.15) is 18.0 Å². The Bertz CT molecular complexity index is 269. The van der Waals surface area contributed by atoms with Crippen LogP contribution in [0.25, 0.3) is 0 Å². The van der Waals surface area contributed by atoms with E-state index in [1.807, 2.05) is 26.2 Å². The first-order chi connectivity index (χ1) is 6.65. The van der Waals surface area contributed by atoms with Crippen LogP contribution in [0, 0.1) is 5.82 Å². The van der Waals surface area contributed by atoms with Crippen LogP contribution in [0.3, 0.4) is 0 Å². The van der Waals surface area contributed by atoms with E-state index < -0.39 is 0 Å². The highest BCUT2D eigenvalue weighted by atomic mass is 19.1. The highest BCUT2D eigenvalue weighted by Gasteiger charge is 2.12. The van der Waals surface area contributed by atoms with Gasteiger partial charge in [-0.25, -0.2) is 4.39 Å². The molecule has 78 valence electrons. The van der Waals surface area contributed by atoms with Gasteiger partial charge in [0, 0.05) is 6.04 Å². The summed E-state index contributed by atoms with van der Waals surface area (Å²) < 4.78 is 12.7. The highest BCUT2D eigenvalue weighted by Crippen LogP contribution is 2.21. The van der Waals surface area contributed by atoms with Crippen LogP contribution in [0.4, 0.5) is 4.39 Å². The third kappa shape index (κ3) is 2.79. The van der Waals surface area contributed by atoms with Crippen LogP contribution in [0.15, 0.2) is 24.3 Å². The summed E-state index contributed by atoms with van der Waals surface area (Å²) in [6.07, 6.45) is 0.888. The van der Waals surface area contributed by atoms with Gasteiger partial charge in [-0.3, -0.25) is 0 Å². The zero-order chi connectivity index (χ0) is 10.6. The normalized spacial score (nSPS) is 13.2. The smallest absolute Gasteiger partial charge is 0.123 e. The first-order valence-corrected chi connectivity index (χ1v) is 4.77. The van der Waals surface area contributed by atoms with Crippen molar-refractivity contribution in [1.29, 1.82) is 0 Å². The SMILES string of the molecule is CN(C)C(CCN)c1ccc(F)cc1. The highest BCUT2D eigenvalue weighted by molar-refractivity contribution is 5.19. The van der Waals surface area contributed by atoms with Gasteiger partial charge in [0.1, 0.15) is 5.82 Å². The quantitative estimate of drug-likeness (QED) is 0.795. The van der Waals surface area contributed by atoms with Crippen molar-refractivity contribution in [3.8, 4) is 0 Å². The molecule has 1 aromatic carbocycles. The largest absolute Gasteiger partial charge is 0.330 e. The molecule has 1 aromatic rings. The standard InChI is InChI=1S/C11H17FN2/c1-14(2)11(7-8-13)9-3-5-10(12)6-4-9/h3-6,11H,7-8,13H2,1-2H3. The van der Waals surface area contributed by atoms with Gasteiger partial charge in [-0.1, -0.05) is 12.1 Å². The summed E-state index contributed by atoms with van der Waals surface area (Å²) in [5.41, 5.74) is 6.65. The van der Waals surface area contributed by atoms with Crippen molar-refractivity contribution in [1.82, 2.24) is 4.90 Å². The van der Waals surface area contributed by atoms with Crippen LogP contribution in [0.5, 0.6) is 0 Å². The molecule has 0 radical (unpaired) electrons. The molecule has 0 spiro atoms. The molecule has 0 aliphatic heterocycles. The molecule has 1 unspecified atom stereocenters. The lowest BCUT2D eigenvalue weighted by molar-refractivity contribution is 0.287. The Morgan fingerprint density at radius 3 is 2.29 bits per heavy atom. The van der Waals surface area contributed by atoms with Crippen LogP contribution < -0.4 is 5.73 Å². The van der Waals surface area contributed by atoms with Crippen molar-refractivity contribution < 1.29 is 4.39 Å². The van der Waals surface area contributed by atoms with Gasteiger partial charge in [0.2, 0.25) is 0 Å². The molecule has 3 heteroatoms. The third-order valence-corrected chi connectivity index (χ3v) is 2.32. The average Bonchev–Trinajstić information content (AvgIpc) is 2.15. The topological polar surface area (TPSA) is 29.3 Å². The first kappa shape index (κ1) is 11.1. The van der Waals surface area contributed by atoms with Gasteiger partial charge >= 0.3 is 0 Å².